The molecule has 0 fully saturated rings. The molecular weight excluding hydrogens is 381 g/mol. The third kappa shape index (κ3) is 11.7. The zero-order valence-electron chi connectivity index (χ0n) is 10.6. The van der Waals surface area contributed by atoms with Gasteiger partial charge in [-0.15, -0.1) is 0 Å². The van der Waals surface area contributed by atoms with Gasteiger partial charge < -0.3 is 9.80 Å². The fourth-order valence-electron chi connectivity index (χ4n) is 0.391. The molecule has 0 radical (unpaired) electrons. The van der Waals surface area contributed by atoms with Crippen LogP contribution in [-0.2, 0) is 0 Å². The van der Waals surface area contributed by atoms with Crippen molar-refractivity contribution >= 4 is 95.9 Å². The van der Waals surface area contributed by atoms with Crippen LogP contribution in [0.5, 0.6) is 0 Å². The first kappa shape index (κ1) is 19.9. The third-order valence-corrected chi connectivity index (χ3v) is 11.4. The third-order valence-electron chi connectivity index (χ3n) is 1.29. The molecule has 0 aromatic rings. The van der Waals surface area contributed by atoms with Gasteiger partial charge in [-0.1, -0.05) is 46.0 Å². The molecule has 2 nitrogen and oxygen atoms in total. The Labute approximate surface area is 144 Å². The zero-order chi connectivity index (χ0) is 14.0. The highest BCUT2D eigenvalue weighted by atomic mass is 33.5. The van der Waals surface area contributed by atoms with E-state index < -0.39 is 0 Å². The summed E-state index contributed by atoms with van der Waals surface area (Å²) in [5.41, 5.74) is 0. The molecule has 0 unspecified atom stereocenters. The van der Waals surface area contributed by atoms with E-state index in [1.165, 1.54) is 0 Å². The van der Waals surface area contributed by atoms with Crippen molar-refractivity contribution in [3.8, 4) is 0 Å². The molecule has 0 spiro atoms. The molecule has 0 bridgehead atoms. The molecule has 106 valence electrons. The normalized spacial score (nSPS) is 10.2. The van der Waals surface area contributed by atoms with Crippen LogP contribution in [0, 0.1) is 0 Å². The van der Waals surface area contributed by atoms with Gasteiger partial charge in [-0.3, -0.25) is 0 Å². The maximum atomic E-state index is 5.17. The smallest absolute Gasteiger partial charge is 0.147 e. The summed E-state index contributed by atoms with van der Waals surface area (Å²) >= 11 is 10.3. The minimum absolute atomic E-state index is 0.918. The summed E-state index contributed by atoms with van der Waals surface area (Å²) in [5.74, 6) is 2.22. The van der Waals surface area contributed by atoms with Gasteiger partial charge in [-0.25, -0.2) is 0 Å². The quantitative estimate of drug-likeness (QED) is 0.336. The Kier molecular flexibility index (Phi) is 13.9. The molecule has 0 aromatic carbocycles. The van der Waals surface area contributed by atoms with Crippen LogP contribution in [0.25, 0.3) is 0 Å². The van der Waals surface area contributed by atoms with Crippen LogP contribution in [0.1, 0.15) is 0 Å². The Bertz CT molecular complexity index is 231. The van der Waals surface area contributed by atoms with Gasteiger partial charge in [0.05, 0.1) is 0 Å². The lowest BCUT2D eigenvalue weighted by atomic mass is 11.0. The van der Waals surface area contributed by atoms with Crippen LogP contribution in [0.3, 0.4) is 0 Å². The molecular formula is C8H16N2S8. The van der Waals surface area contributed by atoms with Crippen LogP contribution >= 0.6 is 87.3 Å². The Balaban J connectivity index is 3.27. The van der Waals surface area contributed by atoms with Gasteiger partial charge in [0, 0.05) is 39.7 Å². The summed E-state index contributed by atoms with van der Waals surface area (Å²) in [6.45, 7) is 0. The standard InChI is InChI=1S/C8H16N2S8/c1-9(2)7(11)15-17-13-5-6-14-18-16-8(12)10(3)4/h5-6H2,1-4H3. The van der Waals surface area contributed by atoms with Crippen molar-refractivity contribution < 1.29 is 0 Å². The topological polar surface area (TPSA) is 6.48 Å². The van der Waals surface area contributed by atoms with E-state index in [4.69, 9.17) is 24.4 Å². The molecule has 0 aromatic heterocycles. The summed E-state index contributed by atoms with van der Waals surface area (Å²) in [4.78, 5) is 3.91. The predicted molar refractivity (Wildman–Crippen MR) is 108 cm³/mol. The summed E-state index contributed by atoms with van der Waals surface area (Å²) < 4.78 is 1.84. The number of rotatable bonds is 7. The van der Waals surface area contributed by atoms with Crippen molar-refractivity contribution in [1.82, 2.24) is 9.80 Å². The van der Waals surface area contributed by atoms with E-state index in [2.05, 4.69) is 0 Å². The van der Waals surface area contributed by atoms with Crippen LogP contribution in [0.2, 0.25) is 0 Å². The first-order valence-electron chi connectivity index (χ1n) is 4.80. The minimum Gasteiger partial charge on any atom is -0.363 e. The van der Waals surface area contributed by atoms with E-state index in [1.54, 1.807) is 41.2 Å². The average Bonchev–Trinajstić information content (AvgIpc) is 2.31. The van der Waals surface area contributed by atoms with E-state index in [0.29, 0.717) is 0 Å². The number of thiocarbonyl (C=S) groups is 2. The summed E-state index contributed by atoms with van der Waals surface area (Å²) in [5, 5.41) is 0. The van der Waals surface area contributed by atoms with Crippen LogP contribution in [0.4, 0.5) is 0 Å². The summed E-state index contributed by atoms with van der Waals surface area (Å²) in [7, 11) is 18.3. The van der Waals surface area contributed by atoms with E-state index >= 15 is 0 Å². The molecule has 10 heteroatoms. The maximum absolute atomic E-state index is 5.17. The van der Waals surface area contributed by atoms with Crippen molar-refractivity contribution in [2.24, 2.45) is 0 Å². The van der Waals surface area contributed by atoms with Crippen molar-refractivity contribution in [2.75, 3.05) is 39.7 Å². The monoisotopic (exact) mass is 396 g/mol. The molecule has 0 rings (SSSR count). The Hall–Kier alpha value is 1.88. The Morgan fingerprint density at radius 1 is 0.778 bits per heavy atom. The van der Waals surface area contributed by atoms with Crippen LogP contribution in [-0.4, -0.2) is 58.1 Å². The maximum Gasteiger partial charge on any atom is 0.147 e. The van der Waals surface area contributed by atoms with E-state index in [1.807, 2.05) is 59.6 Å². The van der Waals surface area contributed by atoms with Crippen LogP contribution in [0.15, 0.2) is 0 Å². The second-order valence-corrected chi connectivity index (χ2v) is 12.9. The van der Waals surface area contributed by atoms with Gasteiger partial charge >= 0.3 is 0 Å². The molecule has 18 heavy (non-hydrogen) atoms. The van der Waals surface area contributed by atoms with Gasteiger partial charge in [-0.05, 0) is 41.2 Å². The van der Waals surface area contributed by atoms with Crippen LogP contribution < -0.4 is 0 Å². The van der Waals surface area contributed by atoms with Crippen molar-refractivity contribution in [3.05, 3.63) is 0 Å². The van der Waals surface area contributed by atoms with Crippen molar-refractivity contribution in [1.29, 1.82) is 0 Å². The van der Waals surface area contributed by atoms with Gasteiger partial charge in [0.15, 0.2) is 0 Å². The highest BCUT2D eigenvalue weighted by Gasteiger charge is 2.02. The molecule has 0 amide bonds. The largest absolute Gasteiger partial charge is 0.363 e. The zero-order valence-corrected chi connectivity index (χ0v) is 17.1. The Morgan fingerprint density at radius 3 is 1.39 bits per heavy atom. The van der Waals surface area contributed by atoms with E-state index in [0.717, 1.165) is 20.1 Å². The van der Waals surface area contributed by atoms with Gasteiger partial charge in [0.25, 0.3) is 0 Å². The molecule has 0 saturated heterocycles. The number of hydrogen-bond acceptors (Lipinski definition) is 8. The molecule has 0 N–H and O–H groups in total. The van der Waals surface area contributed by atoms with Gasteiger partial charge in [0.1, 0.15) is 8.64 Å². The highest BCUT2D eigenvalue weighted by molar-refractivity contribution is 9.13. The lowest BCUT2D eigenvalue weighted by Crippen LogP contribution is -2.14. The molecule has 0 saturated carbocycles. The minimum atomic E-state index is 0.918. The predicted octanol–water partition coefficient (Wildman–Crippen LogP) is 4.74. The lowest BCUT2D eigenvalue weighted by molar-refractivity contribution is 0.648. The second-order valence-electron chi connectivity index (χ2n) is 3.27. The molecule has 0 atom stereocenters. The average molecular weight is 397 g/mol. The molecule has 0 aliphatic rings. The lowest BCUT2D eigenvalue weighted by Gasteiger charge is -2.11. The van der Waals surface area contributed by atoms with Gasteiger partial charge in [-0.2, -0.15) is 0 Å². The van der Waals surface area contributed by atoms with Gasteiger partial charge in [0.2, 0.25) is 0 Å². The fourth-order valence-corrected chi connectivity index (χ4v) is 9.39. The highest BCUT2D eigenvalue weighted by Crippen LogP contribution is 2.39. The summed E-state index contributed by atoms with van der Waals surface area (Å²) in [6, 6.07) is 0. The fraction of sp³-hybridized carbons (Fsp3) is 0.750. The molecule has 0 aliphatic carbocycles. The van der Waals surface area contributed by atoms with Crippen molar-refractivity contribution in [3.63, 3.8) is 0 Å². The number of hydrogen-bond donors (Lipinski definition) is 0. The molecule has 0 heterocycles. The van der Waals surface area contributed by atoms with E-state index in [9.17, 15) is 0 Å². The SMILES string of the molecule is CN(C)C(=S)SSSCCSSSC(=S)N(C)C. The second kappa shape index (κ2) is 12.6. The Morgan fingerprint density at radius 2 is 1.11 bits per heavy atom. The first-order chi connectivity index (χ1) is 8.45. The number of nitrogens with zero attached hydrogens (tertiary/aromatic N) is 2. The summed E-state index contributed by atoms with van der Waals surface area (Å²) in [6.07, 6.45) is 0. The van der Waals surface area contributed by atoms with E-state index in [-0.39, 0.29) is 0 Å². The molecule has 0 aliphatic heterocycles. The van der Waals surface area contributed by atoms with Crippen molar-refractivity contribution in [2.45, 2.75) is 0 Å². The first-order valence-corrected chi connectivity index (χ1v) is 12.9.